The van der Waals surface area contributed by atoms with E-state index in [1.165, 1.54) is 0 Å². The largest absolute Gasteiger partial charge is 0.393 e. The van der Waals surface area contributed by atoms with Crippen LogP contribution in [0.1, 0.15) is 24.8 Å². The molecule has 110 valence electrons. The molecule has 3 N–H and O–H groups in total. The van der Waals surface area contributed by atoms with Crippen molar-refractivity contribution in [1.82, 2.24) is 5.06 Å². The van der Waals surface area contributed by atoms with Crippen LogP contribution in [0.15, 0.2) is 30.3 Å². The lowest BCUT2D eigenvalue weighted by Gasteiger charge is -2.37. The molecule has 2 bridgehead atoms. The average Bonchev–Trinajstić information content (AvgIpc) is 2.82. The second-order valence-electron chi connectivity index (χ2n) is 5.84. The first-order valence-electron chi connectivity index (χ1n) is 7.11. The van der Waals surface area contributed by atoms with Crippen molar-refractivity contribution in [3.63, 3.8) is 0 Å². The summed E-state index contributed by atoms with van der Waals surface area (Å²) in [7, 11) is 0. The third kappa shape index (κ3) is 2.47. The number of nitrogens with zero attached hydrogens (tertiary/aromatic N) is 1. The van der Waals surface area contributed by atoms with Gasteiger partial charge in [0.05, 0.1) is 18.8 Å². The highest BCUT2D eigenvalue weighted by atomic mass is 16.7. The Kier molecular flexibility index (Phi) is 3.79. The second kappa shape index (κ2) is 5.42. The van der Waals surface area contributed by atoms with Crippen LogP contribution in [0.3, 0.4) is 0 Å². The van der Waals surface area contributed by atoms with Crippen LogP contribution in [-0.4, -0.2) is 50.8 Å². The Labute approximate surface area is 118 Å². The van der Waals surface area contributed by atoms with Gasteiger partial charge >= 0.3 is 0 Å². The first kappa shape index (κ1) is 14.0. The van der Waals surface area contributed by atoms with Crippen molar-refractivity contribution in [2.75, 3.05) is 6.61 Å². The minimum absolute atomic E-state index is 0.0129. The van der Waals surface area contributed by atoms with Gasteiger partial charge in [-0.25, -0.2) is 0 Å². The van der Waals surface area contributed by atoms with Gasteiger partial charge in [-0.05, 0) is 24.8 Å². The van der Waals surface area contributed by atoms with Crippen LogP contribution >= 0.6 is 0 Å². The summed E-state index contributed by atoms with van der Waals surface area (Å²) in [6.45, 7) is 0.150. The van der Waals surface area contributed by atoms with Gasteiger partial charge < -0.3 is 15.3 Å². The molecule has 1 aromatic carbocycles. The van der Waals surface area contributed by atoms with Crippen LogP contribution in [0.5, 0.6) is 0 Å². The van der Waals surface area contributed by atoms with E-state index in [2.05, 4.69) is 0 Å². The van der Waals surface area contributed by atoms with E-state index in [-0.39, 0.29) is 12.1 Å². The molecule has 2 fully saturated rings. The van der Waals surface area contributed by atoms with Gasteiger partial charge in [-0.2, -0.15) is 5.06 Å². The van der Waals surface area contributed by atoms with Crippen LogP contribution in [0.2, 0.25) is 0 Å². The molecule has 0 amide bonds. The molecule has 5 heteroatoms. The van der Waals surface area contributed by atoms with E-state index >= 15 is 0 Å². The fourth-order valence-corrected chi connectivity index (χ4v) is 3.16. The number of benzene rings is 1. The SMILES string of the molecule is OC[C@@]1(O)CC[C@H]2C[C@@H]([C@@H]1O)N(Cc1ccccc1)O2. The Morgan fingerprint density at radius 1 is 1.30 bits per heavy atom. The first-order chi connectivity index (χ1) is 9.62. The number of rotatable bonds is 3. The molecule has 1 aliphatic carbocycles. The monoisotopic (exact) mass is 279 g/mol. The Morgan fingerprint density at radius 3 is 2.75 bits per heavy atom. The quantitative estimate of drug-likeness (QED) is 0.749. The lowest BCUT2D eigenvalue weighted by atomic mass is 9.90. The summed E-state index contributed by atoms with van der Waals surface area (Å²) in [5.41, 5.74) is -0.323. The third-order valence-corrected chi connectivity index (χ3v) is 4.43. The molecule has 0 radical (unpaired) electrons. The van der Waals surface area contributed by atoms with Crippen molar-refractivity contribution in [2.45, 2.75) is 49.7 Å². The molecule has 1 saturated carbocycles. The molecule has 2 aliphatic rings. The van der Waals surface area contributed by atoms with Gasteiger partial charge in [0.2, 0.25) is 0 Å². The maximum absolute atomic E-state index is 10.4. The topological polar surface area (TPSA) is 73.2 Å². The van der Waals surface area contributed by atoms with Gasteiger partial charge in [0.1, 0.15) is 11.7 Å². The molecule has 1 aliphatic heterocycles. The van der Waals surface area contributed by atoms with Crippen molar-refractivity contribution in [3.05, 3.63) is 35.9 Å². The summed E-state index contributed by atoms with van der Waals surface area (Å²) in [5.74, 6) is 0. The van der Waals surface area contributed by atoms with Crippen molar-refractivity contribution in [3.8, 4) is 0 Å². The maximum atomic E-state index is 10.4. The zero-order chi connectivity index (χ0) is 14.2. The van der Waals surface area contributed by atoms with Crippen molar-refractivity contribution in [2.24, 2.45) is 0 Å². The van der Waals surface area contributed by atoms with E-state index < -0.39 is 18.3 Å². The maximum Gasteiger partial charge on any atom is 0.115 e. The second-order valence-corrected chi connectivity index (χ2v) is 5.84. The first-order valence-corrected chi connectivity index (χ1v) is 7.11. The highest BCUT2D eigenvalue weighted by Gasteiger charge is 2.50. The van der Waals surface area contributed by atoms with Crippen molar-refractivity contribution < 1.29 is 20.2 Å². The molecule has 5 nitrogen and oxygen atoms in total. The van der Waals surface area contributed by atoms with E-state index in [9.17, 15) is 15.3 Å². The fourth-order valence-electron chi connectivity index (χ4n) is 3.16. The van der Waals surface area contributed by atoms with Crippen LogP contribution in [0.4, 0.5) is 0 Å². The Hall–Kier alpha value is -0.980. The summed E-state index contributed by atoms with van der Waals surface area (Å²) in [5, 5.41) is 31.9. The van der Waals surface area contributed by atoms with Gasteiger partial charge in [-0.3, -0.25) is 4.84 Å². The summed E-state index contributed by atoms with van der Waals surface area (Å²) < 4.78 is 0. The molecule has 0 spiro atoms. The zero-order valence-electron chi connectivity index (χ0n) is 11.4. The molecule has 3 rings (SSSR count). The van der Waals surface area contributed by atoms with Crippen LogP contribution < -0.4 is 0 Å². The summed E-state index contributed by atoms with van der Waals surface area (Å²) >= 11 is 0. The number of hydrogen-bond acceptors (Lipinski definition) is 5. The fraction of sp³-hybridized carbons (Fsp3) is 0.600. The van der Waals surface area contributed by atoms with Crippen LogP contribution in [-0.2, 0) is 11.4 Å². The number of aliphatic hydroxyl groups is 3. The van der Waals surface area contributed by atoms with Crippen molar-refractivity contribution >= 4 is 0 Å². The Morgan fingerprint density at radius 2 is 2.05 bits per heavy atom. The number of hydroxylamine groups is 2. The van der Waals surface area contributed by atoms with E-state index in [4.69, 9.17) is 4.84 Å². The molecule has 20 heavy (non-hydrogen) atoms. The van der Waals surface area contributed by atoms with E-state index in [0.29, 0.717) is 25.8 Å². The predicted molar refractivity (Wildman–Crippen MR) is 72.5 cm³/mol. The normalized spacial score (nSPS) is 37.9. The molecular formula is C15H21NO4. The molecule has 1 heterocycles. The molecule has 0 unspecified atom stereocenters. The number of fused-ring (bicyclic) bond motifs is 2. The summed E-state index contributed by atoms with van der Waals surface area (Å²) in [4.78, 5) is 5.86. The summed E-state index contributed by atoms with van der Waals surface area (Å²) in [6.07, 6.45) is 0.722. The van der Waals surface area contributed by atoms with E-state index in [0.717, 1.165) is 5.56 Å². The van der Waals surface area contributed by atoms with Gasteiger partial charge in [-0.15, -0.1) is 0 Å². The molecule has 1 aromatic rings. The molecule has 4 atom stereocenters. The van der Waals surface area contributed by atoms with Gasteiger partial charge in [0.25, 0.3) is 0 Å². The average molecular weight is 279 g/mol. The van der Waals surface area contributed by atoms with Crippen LogP contribution in [0.25, 0.3) is 0 Å². The van der Waals surface area contributed by atoms with E-state index in [1.54, 1.807) is 5.06 Å². The van der Waals surface area contributed by atoms with Gasteiger partial charge in [0.15, 0.2) is 0 Å². The molecule has 0 aromatic heterocycles. The lowest BCUT2D eigenvalue weighted by molar-refractivity contribution is -0.225. The standard InChI is InChI=1S/C15H21NO4/c17-10-15(19)7-6-12-8-13(14(15)18)16(20-12)9-11-4-2-1-3-5-11/h1-5,12-14,17-19H,6-10H2/t12-,13-,14-,15-/m0/s1. The molecule has 1 saturated heterocycles. The van der Waals surface area contributed by atoms with Gasteiger partial charge in [-0.1, -0.05) is 30.3 Å². The lowest BCUT2D eigenvalue weighted by Crippen LogP contribution is -2.54. The molecular weight excluding hydrogens is 258 g/mol. The minimum Gasteiger partial charge on any atom is -0.393 e. The highest BCUT2D eigenvalue weighted by Crippen LogP contribution is 2.37. The Balaban J connectivity index is 1.78. The number of aliphatic hydroxyl groups excluding tert-OH is 2. The number of hydrogen-bond donors (Lipinski definition) is 3. The predicted octanol–water partition coefficient (Wildman–Crippen LogP) is 0.439. The van der Waals surface area contributed by atoms with E-state index in [1.807, 2.05) is 30.3 Å². The van der Waals surface area contributed by atoms with Gasteiger partial charge in [0, 0.05) is 6.54 Å². The van der Waals surface area contributed by atoms with Crippen LogP contribution in [0, 0.1) is 0 Å². The third-order valence-electron chi connectivity index (χ3n) is 4.43. The zero-order valence-corrected chi connectivity index (χ0v) is 11.4. The minimum atomic E-state index is -1.42. The smallest absolute Gasteiger partial charge is 0.115 e. The highest BCUT2D eigenvalue weighted by molar-refractivity contribution is 5.15. The Bertz CT molecular complexity index is 454. The van der Waals surface area contributed by atoms with Crippen molar-refractivity contribution in [1.29, 1.82) is 0 Å². The summed E-state index contributed by atoms with van der Waals surface area (Å²) in [6, 6.07) is 9.61.